The first-order chi connectivity index (χ1) is 10.2. The van der Waals surface area contributed by atoms with Crippen LogP contribution >= 0.6 is 11.8 Å². The van der Waals surface area contributed by atoms with Gasteiger partial charge in [-0.2, -0.15) is 0 Å². The molecule has 0 amide bonds. The van der Waals surface area contributed by atoms with Crippen LogP contribution < -0.4 is 0 Å². The fourth-order valence-corrected chi connectivity index (χ4v) is 2.72. The molecule has 3 aromatic rings. The Morgan fingerprint density at radius 3 is 2.81 bits per heavy atom. The van der Waals surface area contributed by atoms with E-state index < -0.39 is 4.92 Å². The van der Waals surface area contributed by atoms with Crippen LogP contribution in [0.1, 0.15) is 5.56 Å². The quantitative estimate of drug-likeness (QED) is 0.587. The number of nitro benzene ring substituents is 1. The van der Waals surface area contributed by atoms with Crippen molar-refractivity contribution < 1.29 is 14.4 Å². The number of nitrogens with zero attached hydrogens (tertiary/aromatic N) is 2. The number of aromatic nitrogens is 1. The predicted molar refractivity (Wildman–Crippen MR) is 77.2 cm³/mol. The van der Waals surface area contributed by atoms with Crippen molar-refractivity contribution in [2.75, 3.05) is 0 Å². The average molecular weight is 302 g/mol. The van der Waals surface area contributed by atoms with E-state index >= 15 is 0 Å². The van der Waals surface area contributed by atoms with Crippen LogP contribution in [0.25, 0.3) is 11.1 Å². The van der Waals surface area contributed by atoms with Crippen LogP contribution in [-0.4, -0.2) is 15.0 Å². The molecule has 7 heteroatoms. The lowest BCUT2D eigenvalue weighted by molar-refractivity contribution is -0.387. The Labute approximate surface area is 123 Å². The number of aliphatic hydroxyl groups is 1. The number of rotatable bonds is 4. The summed E-state index contributed by atoms with van der Waals surface area (Å²) < 4.78 is 5.54. The highest BCUT2D eigenvalue weighted by atomic mass is 32.2. The summed E-state index contributed by atoms with van der Waals surface area (Å²) in [6, 6.07) is 11.9. The van der Waals surface area contributed by atoms with Gasteiger partial charge in [0.15, 0.2) is 5.58 Å². The van der Waals surface area contributed by atoms with Crippen molar-refractivity contribution in [3.05, 3.63) is 58.1 Å². The molecule has 0 unspecified atom stereocenters. The monoisotopic (exact) mass is 302 g/mol. The van der Waals surface area contributed by atoms with E-state index in [9.17, 15) is 10.1 Å². The van der Waals surface area contributed by atoms with E-state index in [0.29, 0.717) is 26.8 Å². The summed E-state index contributed by atoms with van der Waals surface area (Å²) in [4.78, 5) is 15.3. The standard InChI is InChI=1S/C14H10N2O4S/c17-8-9-5-6-13(11(7-9)16(18)19)21-14-15-10-3-1-2-4-12(10)20-14/h1-7,17H,8H2. The summed E-state index contributed by atoms with van der Waals surface area (Å²) in [5.74, 6) is 0. The van der Waals surface area contributed by atoms with Crippen molar-refractivity contribution >= 4 is 28.5 Å². The Morgan fingerprint density at radius 1 is 1.29 bits per heavy atom. The fourth-order valence-electron chi connectivity index (χ4n) is 1.88. The van der Waals surface area contributed by atoms with Crippen molar-refractivity contribution in [2.24, 2.45) is 0 Å². The maximum Gasteiger partial charge on any atom is 0.283 e. The Morgan fingerprint density at radius 2 is 2.10 bits per heavy atom. The topological polar surface area (TPSA) is 89.4 Å². The molecule has 0 fully saturated rings. The van der Waals surface area contributed by atoms with Crippen molar-refractivity contribution in [1.82, 2.24) is 4.98 Å². The van der Waals surface area contributed by atoms with Crippen LogP contribution in [0.15, 0.2) is 57.0 Å². The number of nitro groups is 1. The minimum Gasteiger partial charge on any atom is -0.431 e. The molecule has 0 atom stereocenters. The maximum absolute atomic E-state index is 11.1. The third-order valence-corrected chi connectivity index (χ3v) is 3.79. The van der Waals surface area contributed by atoms with Gasteiger partial charge in [-0.3, -0.25) is 10.1 Å². The molecule has 0 bridgehead atoms. The highest BCUT2D eigenvalue weighted by molar-refractivity contribution is 7.99. The molecule has 0 spiro atoms. The molecule has 106 valence electrons. The third kappa shape index (κ3) is 2.74. The molecule has 6 nitrogen and oxygen atoms in total. The van der Waals surface area contributed by atoms with Gasteiger partial charge in [-0.1, -0.05) is 18.2 Å². The van der Waals surface area contributed by atoms with Crippen LogP contribution in [0.3, 0.4) is 0 Å². The molecule has 3 rings (SSSR count). The normalized spacial score (nSPS) is 10.9. The zero-order valence-corrected chi connectivity index (χ0v) is 11.5. The highest BCUT2D eigenvalue weighted by Crippen LogP contribution is 2.36. The van der Waals surface area contributed by atoms with E-state index in [-0.39, 0.29) is 12.3 Å². The van der Waals surface area contributed by atoms with Crippen LogP contribution in [0.5, 0.6) is 0 Å². The molecule has 2 aromatic carbocycles. The van der Waals surface area contributed by atoms with Crippen molar-refractivity contribution in [2.45, 2.75) is 16.7 Å². The van der Waals surface area contributed by atoms with E-state index in [1.165, 1.54) is 6.07 Å². The van der Waals surface area contributed by atoms with E-state index in [0.717, 1.165) is 11.8 Å². The Balaban J connectivity index is 1.98. The van der Waals surface area contributed by atoms with Gasteiger partial charge in [0, 0.05) is 6.07 Å². The first-order valence-corrected chi connectivity index (χ1v) is 6.90. The fraction of sp³-hybridized carbons (Fsp3) is 0.0714. The van der Waals surface area contributed by atoms with E-state index in [1.807, 2.05) is 18.2 Å². The van der Waals surface area contributed by atoms with Gasteiger partial charge in [-0.25, -0.2) is 4.98 Å². The molecule has 1 heterocycles. The van der Waals surface area contributed by atoms with E-state index in [1.54, 1.807) is 18.2 Å². The van der Waals surface area contributed by atoms with Gasteiger partial charge in [0.05, 0.1) is 16.4 Å². The number of aliphatic hydroxyl groups excluding tert-OH is 1. The number of hydrogen-bond donors (Lipinski definition) is 1. The molecule has 21 heavy (non-hydrogen) atoms. The molecule has 0 aliphatic rings. The Bertz CT molecular complexity index is 783. The second kappa shape index (κ2) is 5.55. The molecular formula is C14H10N2O4S. The summed E-state index contributed by atoms with van der Waals surface area (Å²) in [6.45, 7) is -0.241. The summed E-state index contributed by atoms with van der Waals surface area (Å²) in [5.41, 5.74) is 1.75. The predicted octanol–water partition coefficient (Wildman–Crippen LogP) is 3.38. The second-order valence-corrected chi connectivity index (χ2v) is 5.26. The zero-order chi connectivity index (χ0) is 14.8. The van der Waals surface area contributed by atoms with Gasteiger partial charge in [0.1, 0.15) is 5.52 Å². The molecule has 0 aliphatic carbocycles. The second-order valence-electron chi connectivity index (χ2n) is 4.27. The Hall–Kier alpha value is -2.38. The van der Waals surface area contributed by atoms with Gasteiger partial charge >= 0.3 is 0 Å². The average Bonchev–Trinajstić information content (AvgIpc) is 2.89. The van der Waals surface area contributed by atoms with Crippen molar-refractivity contribution in [3.8, 4) is 0 Å². The molecule has 1 N–H and O–H groups in total. The first kappa shape index (κ1) is 13.6. The lowest BCUT2D eigenvalue weighted by Crippen LogP contribution is -1.93. The van der Waals surface area contributed by atoms with Crippen LogP contribution in [0.4, 0.5) is 5.69 Å². The van der Waals surface area contributed by atoms with Gasteiger partial charge in [-0.05, 0) is 35.5 Å². The first-order valence-electron chi connectivity index (χ1n) is 6.09. The van der Waals surface area contributed by atoms with Crippen LogP contribution in [0, 0.1) is 10.1 Å². The summed E-state index contributed by atoms with van der Waals surface area (Å²) >= 11 is 1.09. The van der Waals surface area contributed by atoms with Gasteiger partial charge in [0.2, 0.25) is 0 Å². The third-order valence-electron chi connectivity index (χ3n) is 2.87. The molecule has 1 aromatic heterocycles. The molecular weight excluding hydrogens is 292 g/mol. The Kier molecular flexibility index (Phi) is 3.59. The van der Waals surface area contributed by atoms with E-state index in [4.69, 9.17) is 9.52 Å². The number of oxazole rings is 1. The van der Waals surface area contributed by atoms with Crippen molar-refractivity contribution in [3.63, 3.8) is 0 Å². The minimum absolute atomic E-state index is 0.0752. The molecule has 0 aliphatic heterocycles. The number of hydrogen-bond acceptors (Lipinski definition) is 6. The summed E-state index contributed by atoms with van der Waals surface area (Å²) in [7, 11) is 0. The molecule has 0 saturated carbocycles. The SMILES string of the molecule is O=[N+]([O-])c1cc(CO)ccc1Sc1nc2ccccc2o1. The van der Waals surface area contributed by atoms with Crippen molar-refractivity contribution in [1.29, 1.82) is 0 Å². The highest BCUT2D eigenvalue weighted by Gasteiger charge is 2.18. The maximum atomic E-state index is 11.1. The number of fused-ring (bicyclic) bond motifs is 1. The van der Waals surface area contributed by atoms with Crippen LogP contribution in [-0.2, 0) is 6.61 Å². The number of para-hydroxylation sites is 2. The zero-order valence-electron chi connectivity index (χ0n) is 10.7. The smallest absolute Gasteiger partial charge is 0.283 e. The van der Waals surface area contributed by atoms with Gasteiger partial charge < -0.3 is 9.52 Å². The van der Waals surface area contributed by atoms with Gasteiger partial charge in [-0.15, -0.1) is 0 Å². The van der Waals surface area contributed by atoms with E-state index in [2.05, 4.69) is 4.98 Å². The summed E-state index contributed by atoms with van der Waals surface area (Å²) in [5, 5.41) is 20.5. The molecule has 0 saturated heterocycles. The number of benzene rings is 2. The van der Waals surface area contributed by atoms with Gasteiger partial charge in [0.25, 0.3) is 10.9 Å². The minimum atomic E-state index is -0.482. The van der Waals surface area contributed by atoms with Crippen LogP contribution in [0.2, 0.25) is 0 Å². The largest absolute Gasteiger partial charge is 0.431 e. The molecule has 0 radical (unpaired) electrons. The summed E-state index contributed by atoms with van der Waals surface area (Å²) in [6.07, 6.45) is 0. The lowest BCUT2D eigenvalue weighted by atomic mass is 10.2. The lowest BCUT2D eigenvalue weighted by Gasteiger charge is -2.01.